The molecule has 6 nitrogen and oxygen atoms in total. The average Bonchev–Trinajstić information content (AvgIpc) is 3.40. The van der Waals surface area contributed by atoms with Crippen molar-refractivity contribution in [1.82, 2.24) is 4.90 Å². The summed E-state index contributed by atoms with van der Waals surface area (Å²) in [6.07, 6.45) is 2.46. The van der Waals surface area contributed by atoms with Gasteiger partial charge in [-0.2, -0.15) is 0 Å². The molecule has 1 heterocycles. The van der Waals surface area contributed by atoms with Crippen molar-refractivity contribution in [3.8, 4) is 11.5 Å². The first-order valence-electron chi connectivity index (χ1n) is 8.90. The molecule has 3 rings (SSSR count). The molecule has 2 atom stereocenters. The van der Waals surface area contributed by atoms with Crippen LogP contribution in [-0.4, -0.2) is 55.9 Å². The number of hydrogen-bond donors (Lipinski definition) is 2. The van der Waals surface area contributed by atoms with E-state index in [2.05, 4.69) is 6.92 Å². The number of aliphatic hydroxyl groups excluding tert-OH is 1. The molecule has 138 valence electrons. The topological polar surface area (TPSA) is 85.0 Å². The molecule has 1 aromatic rings. The summed E-state index contributed by atoms with van der Waals surface area (Å²) in [4.78, 5) is 13.6. The Bertz CT molecular complexity index is 632. The van der Waals surface area contributed by atoms with Crippen LogP contribution in [0.5, 0.6) is 11.5 Å². The van der Waals surface area contributed by atoms with E-state index in [-0.39, 0.29) is 17.2 Å². The van der Waals surface area contributed by atoms with Gasteiger partial charge in [-0.05, 0) is 36.5 Å². The van der Waals surface area contributed by atoms with Gasteiger partial charge in [0.25, 0.3) is 0 Å². The number of nitrogens with two attached hydrogens (primary N) is 1. The van der Waals surface area contributed by atoms with Crippen molar-refractivity contribution in [1.29, 1.82) is 0 Å². The van der Waals surface area contributed by atoms with Crippen molar-refractivity contribution < 1.29 is 19.4 Å². The zero-order valence-corrected chi connectivity index (χ0v) is 15.0. The lowest BCUT2D eigenvalue weighted by atomic mass is 9.76. The fraction of sp³-hybridized carbons (Fsp3) is 0.632. The number of hydrogen-bond acceptors (Lipinski definition) is 5. The number of carbonyl (C=O) groups excluding carboxylic acids is 1. The molecule has 1 amide bonds. The number of likely N-dealkylation sites (tertiary alicyclic amines) is 1. The molecule has 1 unspecified atom stereocenters. The highest BCUT2D eigenvalue weighted by molar-refractivity contribution is 5.77. The van der Waals surface area contributed by atoms with Gasteiger partial charge in [0.15, 0.2) is 11.5 Å². The second-order valence-electron chi connectivity index (χ2n) is 7.51. The van der Waals surface area contributed by atoms with Gasteiger partial charge in [-0.15, -0.1) is 0 Å². The maximum Gasteiger partial charge on any atom is 0.248 e. The van der Waals surface area contributed by atoms with E-state index in [4.69, 9.17) is 15.2 Å². The van der Waals surface area contributed by atoms with Crippen LogP contribution in [0.2, 0.25) is 0 Å². The van der Waals surface area contributed by atoms with Crippen LogP contribution in [0.1, 0.15) is 31.2 Å². The fourth-order valence-electron chi connectivity index (χ4n) is 3.57. The molecule has 2 aliphatic rings. The standard InChI is InChI=1S/C19H28N2O4/c1-19(11-20)12-21(18(23)9-22)8-15(19)14-5-6-16(24-2)17(7-14)25-10-13-3-4-13/h5-7,13,15,22H,3-4,8-12,20H2,1-2H3/t15?,19-/m1/s1. The van der Waals surface area contributed by atoms with Crippen LogP contribution in [0.15, 0.2) is 18.2 Å². The van der Waals surface area contributed by atoms with Gasteiger partial charge < -0.3 is 25.2 Å². The highest BCUT2D eigenvalue weighted by Crippen LogP contribution is 2.44. The Morgan fingerprint density at radius 3 is 2.76 bits per heavy atom. The first-order chi connectivity index (χ1) is 12.0. The lowest BCUT2D eigenvalue weighted by molar-refractivity contribution is -0.133. The van der Waals surface area contributed by atoms with Gasteiger partial charge in [-0.1, -0.05) is 13.0 Å². The second-order valence-corrected chi connectivity index (χ2v) is 7.51. The van der Waals surface area contributed by atoms with Crippen LogP contribution >= 0.6 is 0 Å². The number of benzene rings is 1. The van der Waals surface area contributed by atoms with Gasteiger partial charge in [-0.3, -0.25) is 4.79 Å². The first kappa shape index (κ1) is 18.0. The minimum atomic E-state index is -0.467. The SMILES string of the molecule is COc1ccc(C2CN(C(=O)CO)C[C@@]2(C)CN)cc1OCC1CC1. The molecule has 2 fully saturated rings. The molecule has 1 saturated carbocycles. The van der Waals surface area contributed by atoms with Crippen molar-refractivity contribution in [3.05, 3.63) is 23.8 Å². The summed E-state index contributed by atoms with van der Waals surface area (Å²) in [6.45, 7) is 3.92. The lowest BCUT2D eigenvalue weighted by Crippen LogP contribution is -2.36. The minimum Gasteiger partial charge on any atom is -0.493 e. The number of methoxy groups -OCH3 is 1. The third-order valence-electron chi connectivity index (χ3n) is 5.51. The predicted octanol–water partition coefficient (Wildman–Crippen LogP) is 1.37. The van der Waals surface area contributed by atoms with E-state index in [1.807, 2.05) is 18.2 Å². The highest BCUT2D eigenvalue weighted by atomic mass is 16.5. The van der Waals surface area contributed by atoms with E-state index in [0.29, 0.717) is 32.2 Å². The average molecular weight is 348 g/mol. The Morgan fingerprint density at radius 2 is 2.16 bits per heavy atom. The number of carbonyl (C=O) groups is 1. The zero-order chi connectivity index (χ0) is 18.0. The molecule has 1 aromatic carbocycles. The van der Waals surface area contributed by atoms with Crippen LogP contribution < -0.4 is 15.2 Å². The van der Waals surface area contributed by atoms with E-state index in [9.17, 15) is 9.90 Å². The molecule has 0 radical (unpaired) electrons. The van der Waals surface area contributed by atoms with Gasteiger partial charge in [0.2, 0.25) is 5.91 Å². The van der Waals surface area contributed by atoms with E-state index in [1.165, 1.54) is 12.8 Å². The smallest absolute Gasteiger partial charge is 0.248 e. The largest absolute Gasteiger partial charge is 0.493 e. The van der Waals surface area contributed by atoms with E-state index in [0.717, 1.165) is 17.1 Å². The molecular weight excluding hydrogens is 320 g/mol. The fourth-order valence-corrected chi connectivity index (χ4v) is 3.57. The molecule has 6 heteroatoms. The van der Waals surface area contributed by atoms with Gasteiger partial charge >= 0.3 is 0 Å². The highest BCUT2D eigenvalue weighted by Gasteiger charge is 2.44. The second kappa shape index (κ2) is 7.22. The van der Waals surface area contributed by atoms with Gasteiger partial charge in [0.1, 0.15) is 6.61 Å². The van der Waals surface area contributed by atoms with Crippen molar-refractivity contribution in [2.24, 2.45) is 17.1 Å². The Morgan fingerprint density at radius 1 is 1.40 bits per heavy atom. The zero-order valence-electron chi connectivity index (χ0n) is 15.0. The maximum absolute atomic E-state index is 11.9. The number of rotatable bonds is 7. The summed E-state index contributed by atoms with van der Waals surface area (Å²) in [7, 11) is 1.64. The summed E-state index contributed by atoms with van der Waals surface area (Å²) >= 11 is 0. The normalized spacial score (nSPS) is 25.9. The maximum atomic E-state index is 11.9. The van der Waals surface area contributed by atoms with Crippen molar-refractivity contribution in [2.75, 3.05) is 40.0 Å². The van der Waals surface area contributed by atoms with Gasteiger partial charge in [0, 0.05) is 31.0 Å². The molecule has 0 bridgehead atoms. The molecule has 1 saturated heterocycles. The summed E-state index contributed by atoms with van der Waals surface area (Å²) < 4.78 is 11.4. The first-order valence-corrected chi connectivity index (χ1v) is 8.90. The van der Waals surface area contributed by atoms with Crippen LogP contribution in [0.4, 0.5) is 0 Å². The van der Waals surface area contributed by atoms with Crippen LogP contribution in [0, 0.1) is 11.3 Å². The predicted molar refractivity (Wildman–Crippen MR) is 94.8 cm³/mol. The summed E-state index contributed by atoms with van der Waals surface area (Å²) in [6, 6.07) is 5.96. The van der Waals surface area contributed by atoms with Gasteiger partial charge in [0.05, 0.1) is 13.7 Å². The van der Waals surface area contributed by atoms with Crippen LogP contribution in [0.3, 0.4) is 0 Å². The van der Waals surface area contributed by atoms with E-state index in [1.54, 1.807) is 12.0 Å². The van der Waals surface area contributed by atoms with Gasteiger partial charge in [-0.25, -0.2) is 0 Å². The van der Waals surface area contributed by atoms with E-state index >= 15 is 0 Å². The summed E-state index contributed by atoms with van der Waals surface area (Å²) in [5, 5.41) is 9.18. The molecule has 25 heavy (non-hydrogen) atoms. The number of ether oxygens (including phenoxy) is 2. The number of aliphatic hydroxyl groups is 1. The molecular formula is C19H28N2O4. The Kier molecular flexibility index (Phi) is 5.20. The third-order valence-corrected chi connectivity index (χ3v) is 5.51. The van der Waals surface area contributed by atoms with Crippen molar-refractivity contribution in [3.63, 3.8) is 0 Å². The van der Waals surface area contributed by atoms with Crippen LogP contribution in [-0.2, 0) is 4.79 Å². The molecule has 1 aliphatic carbocycles. The number of amides is 1. The van der Waals surface area contributed by atoms with Crippen molar-refractivity contribution in [2.45, 2.75) is 25.7 Å². The molecule has 1 aliphatic heterocycles. The Hall–Kier alpha value is -1.79. The Balaban J connectivity index is 1.85. The lowest BCUT2D eigenvalue weighted by Gasteiger charge is -2.29. The quantitative estimate of drug-likeness (QED) is 0.777. The van der Waals surface area contributed by atoms with Crippen LogP contribution in [0.25, 0.3) is 0 Å². The van der Waals surface area contributed by atoms with Crippen molar-refractivity contribution >= 4 is 5.91 Å². The summed E-state index contributed by atoms with van der Waals surface area (Å²) in [5.41, 5.74) is 6.91. The monoisotopic (exact) mass is 348 g/mol. The Labute approximate surface area is 148 Å². The number of nitrogens with zero attached hydrogens (tertiary/aromatic N) is 1. The third kappa shape index (κ3) is 3.75. The molecule has 0 aromatic heterocycles. The van der Waals surface area contributed by atoms with E-state index < -0.39 is 6.61 Å². The molecule has 3 N–H and O–H groups in total. The minimum absolute atomic E-state index is 0.0992. The summed E-state index contributed by atoms with van der Waals surface area (Å²) in [5.74, 6) is 1.98. The molecule has 0 spiro atoms.